The van der Waals surface area contributed by atoms with E-state index in [0.717, 1.165) is 17.4 Å². The first kappa shape index (κ1) is 17.7. The molecule has 3 aliphatic rings. The number of aromatic amines is 1. The number of amides is 2. The number of benzene rings is 1. The molecule has 7 heteroatoms. The third-order valence-corrected chi connectivity index (χ3v) is 6.22. The van der Waals surface area contributed by atoms with Gasteiger partial charge in [0.2, 0.25) is 5.91 Å². The second kappa shape index (κ2) is 6.60. The maximum atomic E-state index is 12.9. The topological polar surface area (TPSA) is 77.7 Å². The number of rotatable bonds is 4. The van der Waals surface area contributed by atoms with Crippen LogP contribution in [0.2, 0.25) is 0 Å². The van der Waals surface area contributed by atoms with Crippen molar-refractivity contribution >= 4 is 22.7 Å². The molecule has 2 aliphatic heterocycles. The number of likely N-dealkylation sites (tertiary alicyclic amines) is 1. The summed E-state index contributed by atoms with van der Waals surface area (Å²) in [6.45, 7) is 3.18. The van der Waals surface area contributed by atoms with E-state index in [1.54, 1.807) is 7.05 Å². The predicted octanol–water partition coefficient (Wildman–Crippen LogP) is 1.22. The van der Waals surface area contributed by atoms with Gasteiger partial charge in [-0.15, -0.1) is 0 Å². The van der Waals surface area contributed by atoms with Gasteiger partial charge < -0.3 is 19.9 Å². The number of carbonyl (C=O) groups excluding carboxylic acids is 2. The summed E-state index contributed by atoms with van der Waals surface area (Å²) in [7, 11) is 1.67. The number of ether oxygens (including phenoxy) is 1. The summed E-state index contributed by atoms with van der Waals surface area (Å²) < 4.78 is 6.14. The van der Waals surface area contributed by atoms with E-state index in [0.29, 0.717) is 37.9 Å². The fraction of sp³-hybridized carbons (Fsp3) is 0.524. The van der Waals surface area contributed by atoms with Crippen molar-refractivity contribution in [1.29, 1.82) is 0 Å². The smallest absolute Gasteiger partial charge is 0.270 e. The summed E-state index contributed by atoms with van der Waals surface area (Å²) in [6, 6.07) is 9.58. The first-order valence-corrected chi connectivity index (χ1v) is 10.0. The van der Waals surface area contributed by atoms with Gasteiger partial charge in [0.05, 0.1) is 19.7 Å². The number of fused-ring (bicyclic) bond motifs is 1. The molecule has 2 aromatic rings. The van der Waals surface area contributed by atoms with Gasteiger partial charge in [-0.3, -0.25) is 14.5 Å². The van der Waals surface area contributed by atoms with Gasteiger partial charge in [0.15, 0.2) is 0 Å². The van der Waals surface area contributed by atoms with Crippen LogP contribution in [0.4, 0.5) is 0 Å². The Labute approximate surface area is 164 Å². The lowest BCUT2D eigenvalue weighted by molar-refractivity contribution is -0.191. The van der Waals surface area contributed by atoms with E-state index in [-0.39, 0.29) is 23.5 Å². The van der Waals surface area contributed by atoms with Crippen molar-refractivity contribution < 1.29 is 14.3 Å². The van der Waals surface area contributed by atoms with Gasteiger partial charge in [0.25, 0.3) is 5.91 Å². The van der Waals surface area contributed by atoms with Crippen molar-refractivity contribution in [2.45, 2.75) is 24.5 Å². The molecule has 1 aromatic heterocycles. The van der Waals surface area contributed by atoms with Crippen molar-refractivity contribution in [3.63, 3.8) is 0 Å². The summed E-state index contributed by atoms with van der Waals surface area (Å²) >= 11 is 0. The van der Waals surface area contributed by atoms with E-state index in [1.165, 1.54) is 12.8 Å². The number of nitrogens with one attached hydrogen (secondary N) is 2. The number of hydrogen-bond donors (Lipinski definition) is 2. The van der Waals surface area contributed by atoms with Crippen LogP contribution in [-0.2, 0) is 9.53 Å². The second-order valence-electron chi connectivity index (χ2n) is 8.43. The molecule has 28 heavy (non-hydrogen) atoms. The molecule has 1 aromatic carbocycles. The summed E-state index contributed by atoms with van der Waals surface area (Å²) in [5.41, 5.74) is 1.24. The van der Waals surface area contributed by atoms with Crippen molar-refractivity contribution in [2.24, 2.45) is 5.92 Å². The van der Waals surface area contributed by atoms with E-state index in [1.807, 2.05) is 35.2 Å². The number of nitrogens with zero attached hydrogens (tertiary/aromatic N) is 2. The molecule has 2 N–H and O–H groups in total. The lowest BCUT2D eigenvalue weighted by Crippen LogP contribution is -2.73. The Morgan fingerprint density at radius 2 is 2.04 bits per heavy atom. The molecule has 1 saturated carbocycles. The molecule has 0 bridgehead atoms. The highest BCUT2D eigenvalue weighted by Gasteiger charge is 2.52. The maximum absolute atomic E-state index is 12.9. The molecule has 3 fully saturated rings. The molecule has 148 valence electrons. The van der Waals surface area contributed by atoms with Crippen LogP contribution in [0.5, 0.6) is 0 Å². The zero-order valence-corrected chi connectivity index (χ0v) is 16.1. The molecule has 7 nitrogen and oxygen atoms in total. The fourth-order valence-corrected chi connectivity index (χ4v) is 4.46. The van der Waals surface area contributed by atoms with E-state index < -0.39 is 0 Å². The second-order valence-corrected chi connectivity index (χ2v) is 8.43. The van der Waals surface area contributed by atoms with Gasteiger partial charge in [0, 0.05) is 31.0 Å². The van der Waals surface area contributed by atoms with Crippen molar-refractivity contribution in [1.82, 2.24) is 20.1 Å². The standard InChI is InChI=1S/C21H26N4O3/c1-22-19(26)18-10-28-21(11-24(18)9-14-6-7-14)12-25(13-21)20(27)17-8-15-4-2-3-5-16(15)23-17/h2-5,8,14,18,23H,6-7,9-13H2,1H3,(H,22,26)/t18-/m0/s1. The third kappa shape index (κ3) is 3.08. The largest absolute Gasteiger partial charge is 0.368 e. The molecule has 1 atom stereocenters. The normalized spacial score (nSPS) is 24.3. The predicted molar refractivity (Wildman–Crippen MR) is 105 cm³/mol. The molecule has 3 heterocycles. The van der Waals surface area contributed by atoms with Crippen LogP contribution < -0.4 is 5.32 Å². The lowest BCUT2D eigenvalue weighted by Gasteiger charge is -2.55. The minimum atomic E-state index is -0.346. The van der Waals surface area contributed by atoms with E-state index in [9.17, 15) is 9.59 Å². The zero-order valence-electron chi connectivity index (χ0n) is 16.1. The van der Waals surface area contributed by atoms with E-state index in [2.05, 4.69) is 15.2 Å². The number of H-pyrrole nitrogens is 1. The van der Waals surface area contributed by atoms with Gasteiger partial charge in [-0.05, 0) is 30.9 Å². The fourth-order valence-electron chi connectivity index (χ4n) is 4.46. The molecule has 0 radical (unpaired) electrons. The van der Waals surface area contributed by atoms with Crippen LogP contribution in [0, 0.1) is 5.92 Å². The van der Waals surface area contributed by atoms with Crippen LogP contribution in [0.1, 0.15) is 23.3 Å². The van der Waals surface area contributed by atoms with Crippen molar-refractivity contribution in [2.75, 3.05) is 39.8 Å². The molecule has 1 spiro atoms. The Morgan fingerprint density at radius 1 is 1.25 bits per heavy atom. The lowest BCUT2D eigenvalue weighted by atomic mass is 9.89. The highest BCUT2D eigenvalue weighted by Crippen LogP contribution is 2.36. The molecule has 1 aliphatic carbocycles. The van der Waals surface area contributed by atoms with Crippen molar-refractivity contribution in [3.8, 4) is 0 Å². The van der Waals surface area contributed by atoms with Crippen molar-refractivity contribution in [3.05, 3.63) is 36.0 Å². The van der Waals surface area contributed by atoms with E-state index in [4.69, 9.17) is 4.74 Å². The molecular formula is C21H26N4O3. The van der Waals surface area contributed by atoms with Crippen LogP contribution >= 0.6 is 0 Å². The summed E-state index contributed by atoms with van der Waals surface area (Å²) in [6.07, 6.45) is 2.49. The number of likely N-dealkylation sites (N-methyl/N-ethyl adjacent to an activating group) is 1. The average molecular weight is 382 g/mol. The van der Waals surface area contributed by atoms with E-state index >= 15 is 0 Å². The third-order valence-electron chi connectivity index (χ3n) is 6.22. The minimum Gasteiger partial charge on any atom is -0.368 e. The highest BCUT2D eigenvalue weighted by molar-refractivity contribution is 5.98. The van der Waals surface area contributed by atoms with Gasteiger partial charge in [0.1, 0.15) is 17.3 Å². The van der Waals surface area contributed by atoms with Crippen LogP contribution in [0.3, 0.4) is 0 Å². The number of hydrogen-bond acceptors (Lipinski definition) is 4. The number of aromatic nitrogens is 1. The SMILES string of the molecule is CNC(=O)[C@@H]1COC2(CN(C(=O)c3cc4ccccc4[nH]3)C2)CN1CC1CC1. The first-order chi connectivity index (χ1) is 13.6. The molecule has 0 unspecified atom stereocenters. The Morgan fingerprint density at radius 3 is 2.75 bits per heavy atom. The zero-order chi connectivity index (χ0) is 19.3. The van der Waals surface area contributed by atoms with Crippen LogP contribution in [0.15, 0.2) is 30.3 Å². The Kier molecular flexibility index (Phi) is 4.17. The Hall–Kier alpha value is -2.38. The van der Waals surface area contributed by atoms with Gasteiger partial charge in [-0.2, -0.15) is 0 Å². The molecule has 5 rings (SSSR count). The van der Waals surface area contributed by atoms with Gasteiger partial charge in [-0.1, -0.05) is 18.2 Å². The Balaban J connectivity index is 1.26. The first-order valence-electron chi connectivity index (χ1n) is 10.0. The van der Waals surface area contributed by atoms with Gasteiger partial charge in [-0.25, -0.2) is 0 Å². The Bertz CT molecular complexity index is 880. The number of carbonyl (C=O) groups is 2. The molecule has 2 amide bonds. The summed E-state index contributed by atoms with van der Waals surface area (Å²) in [4.78, 5) is 32.4. The van der Waals surface area contributed by atoms with Gasteiger partial charge >= 0.3 is 0 Å². The summed E-state index contributed by atoms with van der Waals surface area (Å²) in [5, 5.41) is 3.79. The monoisotopic (exact) mass is 382 g/mol. The van der Waals surface area contributed by atoms with Crippen LogP contribution in [-0.4, -0.2) is 78.1 Å². The number of para-hydroxylation sites is 1. The van der Waals surface area contributed by atoms with Crippen LogP contribution in [0.25, 0.3) is 10.9 Å². The maximum Gasteiger partial charge on any atom is 0.270 e. The minimum absolute atomic E-state index is 0.00703. The molecular weight excluding hydrogens is 356 g/mol. The molecule has 2 saturated heterocycles. The quantitative estimate of drug-likeness (QED) is 0.834. The number of morpholine rings is 1. The summed E-state index contributed by atoms with van der Waals surface area (Å²) in [5.74, 6) is 0.722. The highest BCUT2D eigenvalue weighted by atomic mass is 16.5. The average Bonchev–Trinajstić information content (AvgIpc) is 3.39.